The van der Waals surface area contributed by atoms with E-state index in [1.165, 1.54) is 13.8 Å². The molecule has 2 atom stereocenters. The van der Waals surface area contributed by atoms with Crippen LogP contribution in [0.1, 0.15) is 55.4 Å². The number of aliphatic hydroxyl groups is 1. The van der Waals surface area contributed by atoms with E-state index in [-0.39, 0.29) is 0 Å². The Morgan fingerprint density at radius 1 is 0.689 bits per heavy atom. The van der Waals surface area contributed by atoms with Crippen molar-refractivity contribution in [3.63, 3.8) is 0 Å². The van der Waals surface area contributed by atoms with Gasteiger partial charge in [-0.05, 0) is 77.9 Å². The first kappa shape index (κ1) is 33.7. The number of hydrogen-bond acceptors (Lipinski definition) is 8. The van der Waals surface area contributed by atoms with Crippen LogP contribution in [0.15, 0.2) is 103 Å². The van der Waals surface area contributed by atoms with Gasteiger partial charge < -0.3 is 24.1 Å². The van der Waals surface area contributed by atoms with Crippen LogP contribution in [0.25, 0.3) is 0 Å². The highest BCUT2D eigenvalue weighted by atomic mass is 31.2. The van der Waals surface area contributed by atoms with Crippen LogP contribution in [0.4, 0.5) is 0 Å². The van der Waals surface area contributed by atoms with Gasteiger partial charge in [-0.25, -0.2) is 9.59 Å². The van der Waals surface area contributed by atoms with Crippen molar-refractivity contribution in [2.24, 2.45) is 5.92 Å². The molecule has 45 heavy (non-hydrogen) atoms. The average molecular weight is 634 g/mol. The Kier molecular flexibility index (Phi) is 9.51. The Morgan fingerprint density at radius 2 is 1.07 bits per heavy atom. The van der Waals surface area contributed by atoms with Crippen LogP contribution >= 0.6 is 7.26 Å². The summed E-state index contributed by atoms with van der Waals surface area (Å²) in [6.07, 6.45) is 0. The first-order valence-electron chi connectivity index (χ1n) is 14.8. The van der Waals surface area contributed by atoms with Crippen molar-refractivity contribution in [3.05, 3.63) is 103 Å². The number of benzene rings is 3. The van der Waals surface area contributed by atoms with E-state index in [0.29, 0.717) is 0 Å². The second kappa shape index (κ2) is 12.7. The second-order valence-corrected chi connectivity index (χ2v) is 16.9. The maximum atomic E-state index is 14.9. The van der Waals surface area contributed by atoms with Crippen LogP contribution in [0.5, 0.6) is 0 Å². The zero-order valence-electron chi connectivity index (χ0n) is 27.1. The van der Waals surface area contributed by atoms with Crippen molar-refractivity contribution in [2.75, 3.05) is 0 Å². The van der Waals surface area contributed by atoms with Gasteiger partial charge in [-0.3, -0.25) is 4.79 Å². The molecule has 0 spiro atoms. The van der Waals surface area contributed by atoms with Gasteiger partial charge >= 0.3 is 17.9 Å². The third kappa shape index (κ3) is 7.39. The van der Waals surface area contributed by atoms with Crippen molar-refractivity contribution in [2.45, 2.75) is 78.0 Å². The molecule has 1 aliphatic rings. The number of aliphatic hydroxyl groups excluding tert-OH is 1. The predicted molar refractivity (Wildman–Crippen MR) is 175 cm³/mol. The standard InChI is InChI=1S/C36H41O8P/c1-34(2,3)41-30(37)27(28-31(38)43-36(7,8)44-32(28)39)29(33(40)42-35(4,5)6)45(24-18-12-9-13-19-24,25-20-14-10-15-21-25)26-22-16-11-17-23-26/h9-23,27,29H,1-8H3/p+1. The number of esters is 3. The highest BCUT2D eigenvalue weighted by Gasteiger charge is 2.65. The molecule has 238 valence electrons. The fourth-order valence-corrected chi connectivity index (χ4v) is 10.4. The molecule has 0 aromatic heterocycles. The third-order valence-electron chi connectivity index (χ3n) is 6.97. The topological polar surface area (TPSA) is 108 Å². The Bertz CT molecular complexity index is 1450. The quantitative estimate of drug-likeness (QED) is 0.191. The van der Waals surface area contributed by atoms with Crippen LogP contribution in [-0.2, 0) is 33.3 Å². The molecule has 1 N–H and O–H groups in total. The molecule has 8 nitrogen and oxygen atoms in total. The molecule has 0 fully saturated rings. The number of ether oxygens (including phenoxy) is 4. The molecular formula is C36H42O8P+. The van der Waals surface area contributed by atoms with E-state index >= 15 is 0 Å². The normalized spacial score (nSPS) is 16.6. The van der Waals surface area contributed by atoms with Crippen molar-refractivity contribution >= 4 is 41.1 Å². The summed E-state index contributed by atoms with van der Waals surface area (Å²) in [4.78, 5) is 43.3. The van der Waals surface area contributed by atoms with Gasteiger partial charge in [-0.2, -0.15) is 0 Å². The van der Waals surface area contributed by atoms with Gasteiger partial charge in [0.05, 0.1) is 0 Å². The zero-order chi connectivity index (χ0) is 33.2. The molecule has 3 aromatic rings. The van der Waals surface area contributed by atoms with Crippen LogP contribution in [0, 0.1) is 5.92 Å². The van der Waals surface area contributed by atoms with E-state index in [1.807, 2.05) is 91.0 Å². The van der Waals surface area contributed by atoms with Crippen molar-refractivity contribution in [3.8, 4) is 0 Å². The number of carbonyl (C=O) groups is 3. The van der Waals surface area contributed by atoms with Gasteiger partial charge in [-0.15, -0.1) is 0 Å². The number of carbonyl (C=O) groups excluding carboxylic acids is 3. The van der Waals surface area contributed by atoms with E-state index in [4.69, 9.17) is 18.9 Å². The van der Waals surface area contributed by atoms with Gasteiger partial charge in [-0.1, -0.05) is 54.6 Å². The van der Waals surface area contributed by atoms with Crippen molar-refractivity contribution < 1.29 is 38.4 Å². The molecule has 3 aromatic carbocycles. The Balaban J connectivity index is 2.22. The first-order chi connectivity index (χ1) is 21.0. The van der Waals surface area contributed by atoms with E-state index in [9.17, 15) is 19.5 Å². The minimum absolute atomic E-state index is 0.508. The monoisotopic (exact) mass is 633 g/mol. The molecule has 0 saturated heterocycles. The van der Waals surface area contributed by atoms with Crippen LogP contribution in [0.3, 0.4) is 0 Å². The van der Waals surface area contributed by atoms with Crippen LogP contribution < -0.4 is 15.9 Å². The highest BCUT2D eigenvalue weighted by Crippen LogP contribution is 2.63. The second-order valence-electron chi connectivity index (χ2n) is 13.3. The summed E-state index contributed by atoms with van der Waals surface area (Å²) in [5.74, 6) is -6.69. The number of rotatable bonds is 8. The van der Waals surface area contributed by atoms with Gasteiger partial charge in [0.15, 0.2) is 5.66 Å². The summed E-state index contributed by atoms with van der Waals surface area (Å²) >= 11 is 0. The molecule has 0 aliphatic carbocycles. The summed E-state index contributed by atoms with van der Waals surface area (Å²) in [6.45, 7) is 13.2. The lowest BCUT2D eigenvalue weighted by Gasteiger charge is -2.40. The van der Waals surface area contributed by atoms with E-state index in [1.54, 1.807) is 41.5 Å². The van der Waals surface area contributed by atoms with Gasteiger partial charge in [0, 0.05) is 13.8 Å². The van der Waals surface area contributed by atoms with Crippen molar-refractivity contribution in [1.82, 2.24) is 0 Å². The molecule has 1 aliphatic heterocycles. The Labute approximate surface area is 265 Å². The zero-order valence-corrected chi connectivity index (χ0v) is 28.0. The third-order valence-corrected chi connectivity index (χ3v) is 11.7. The molecule has 0 bridgehead atoms. The molecule has 9 heteroatoms. The molecule has 0 saturated carbocycles. The number of cyclic esters (lactones) is 1. The van der Waals surface area contributed by atoms with E-state index in [0.717, 1.165) is 15.9 Å². The molecule has 1 heterocycles. The lowest BCUT2D eigenvalue weighted by molar-refractivity contribution is -0.224. The van der Waals surface area contributed by atoms with Crippen molar-refractivity contribution in [1.29, 1.82) is 0 Å². The first-order valence-corrected chi connectivity index (χ1v) is 16.7. The smallest absolute Gasteiger partial charge is 0.350 e. The predicted octanol–water partition coefficient (Wildman–Crippen LogP) is 5.73. The largest absolute Gasteiger partial charge is 0.480 e. The Hall–Kier alpha value is -4.16. The summed E-state index contributed by atoms with van der Waals surface area (Å²) in [7, 11) is -3.32. The molecule has 4 rings (SSSR count). The molecule has 2 unspecified atom stereocenters. The molecule has 0 radical (unpaired) electrons. The fourth-order valence-electron chi connectivity index (χ4n) is 5.50. The average Bonchev–Trinajstić information content (AvgIpc) is 2.93. The van der Waals surface area contributed by atoms with Crippen LogP contribution in [0.2, 0.25) is 0 Å². The van der Waals surface area contributed by atoms with Gasteiger partial charge in [0.25, 0.3) is 11.7 Å². The fraction of sp³-hybridized carbons (Fsp3) is 0.361. The lowest BCUT2D eigenvalue weighted by atomic mass is 9.94. The Morgan fingerprint density at radius 3 is 1.42 bits per heavy atom. The maximum absolute atomic E-state index is 14.9. The van der Waals surface area contributed by atoms with E-state index in [2.05, 4.69) is 0 Å². The number of hydrogen-bond donors (Lipinski definition) is 1. The van der Waals surface area contributed by atoms with Crippen LogP contribution in [-0.4, -0.2) is 45.7 Å². The SMILES string of the molecule is CC(C)(C)OC(=O)C(C1=C(O)OC(C)(C)OC1=O)C(C(=O)OC(C)(C)C)[P+](c1ccccc1)(c1ccccc1)c1ccccc1. The lowest BCUT2D eigenvalue weighted by Crippen LogP contribution is -2.53. The summed E-state index contributed by atoms with van der Waals surface area (Å²) in [5.41, 5.74) is -3.91. The summed E-state index contributed by atoms with van der Waals surface area (Å²) in [5, 5.41) is 13.6. The summed E-state index contributed by atoms with van der Waals surface area (Å²) < 4.78 is 23.2. The molecular weight excluding hydrogens is 591 g/mol. The summed E-state index contributed by atoms with van der Waals surface area (Å²) in [6, 6.07) is 28.2. The molecule has 0 amide bonds. The highest BCUT2D eigenvalue weighted by molar-refractivity contribution is 7.97. The van der Waals surface area contributed by atoms with E-state index < -0.39 is 65.3 Å². The van der Waals surface area contributed by atoms with Gasteiger partial charge in [0.2, 0.25) is 0 Å². The minimum Gasteiger partial charge on any atom is -0.480 e. The maximum Gasteiger partial charge on any atom is 0.350 e. The van der Waals surface area contributed by atoms with Gasteiger partial charge in [0.1, 0.15) is 45.9 Å². The minimum atomic E-state index is -3.32.